The Morgan fingerprint density at radius 1 is 1.15 bits per heavy atom. The molecule has 1 rings (SSSR count). The van der Waals surface area contributed by atoms with E-state index in [1.54, 1.807) is 19.2 Å². The third kappa shape index (κ3) is 6.30. The van der Waals surface area contributed by atoms with Crippen molar-refractivity contribution in [3.05, 3.63) is 29.8 Å². The van der Waals surface area contributed by atoms with Gasteiger partial charge in [0.1, 0.15) is 12.4 Å². The van der Waals surface area contributed by atoms with Crippen molar-refractivity contribution in [2.75, 3.05) is 20.3 Å². The van der Waals surface area contributed by atoms with Crippen LogP contribution in [0.15, 0.2) is 24.3 Å². The van der Waals surface area contributed by atoms with E-state index in [1.165, 1.54) is 0 Å². The van der Waals surface area contributed by atoms with Crippen LogP contribution in [0.4, 0.5) is 8.78 Å². The monoisotopic (exact) mass is 287 g/mol. The van der Waals surface area contributed by atoms with Crippen LogP contribution >= 0.6 is 0 Å². The minimum atomic E-state index is -2.47. The summed E-state index contributed by atoms with van der Waals surface area (Å²) in [4.78, 5) is 0. The molecule has 1 aromatic rings. The largest absolute Gasteiger partial charge is 0.497 e. The average molecular weight is 287 g/mol. The van der Waals surface area contributed by atoms with E-state index in [4.69, 9.17) is 9.47 Å². The van der Waals surface area contributed by atoms with Crippen molar-refractivity contribution in [1.82, 2.24) is 5.32 Å². The molecule has 0 aromatic heterocycles. The average Bonchev–Trinajstić information content (AvgIpc) is 2.37. The van der Waals surface area contributed by atoms with Crippen molar-refractivity contribution in [1.29, 1.82) is 0 Å². The highest BCUT2D eigenvalue weighted by Crippen LogP contribution is 2.21. The third-order valence-corrected chi connectivity index (χ3v) is 2.73. The van der Waals surface area contributed by atoms with Gasteiger partial charge in [-0.05, 0) is 38.5 Å². The minimum Gasteiger partial charge on any atom is -0.497 e. The van der Waals surface area contributed by atoms with Crippen LogP contribution in [0.2, 0.25) is 0 Å². The van der Waals surface area contributed by atoms with Crippen molar-refractivity contribution >= 4 is 0 Å². The first-order valence-corrected chi connectivity index (χ1v) is 6.60. The Bertz CT molecular complexity index is 388. The Morgan fingerprint density at radius 2 is 1.75 bits per heavy atom. The van der Waals surface area contributed by atoms with Crippen LogP contribution < -0.4 is 10.1 Å². The second kappa shape index (κ2) is 7.55. The maximum absolute atomic E-state index is 12.3. The Balaban J connectivity index is 2.73. The van der Waals surface area contributed by atoms with Crippen LogP contribution in [0.5, 0.6) is 5.75 Å². The highest BCUT2D eigenvalue weighted by atomic mass is 19.3. The third-order valence-electron chi connectivity index (χ3n) is 2.73. The molecule has 0 saturated carbocycles. The number of benzene rings is 1. The van der Waals surface area contributed by atoms with Gasteiger partial charge in [-0.15, -0.1) is 0 Å². The Morgan fingerprint density at radius 3 is 2.20 bits per heavy atom. The van der Waals surface area contributed by atoms with Crippen LogP contribution in [0.3, 0.4) is 0 Å². The molecule has 0 fully saturated rings. The quantitative estimate of drug-likeness (QED) is 0.833. The van der Waals surface area contributed by atoms with E-state index >= 15 is 0 Å². The highest BCUT2D eigenvalue weighted by molar-refractivity contribution is 5.28. The van der Waals surface area contributed by atoms with Gasteiger partial charge in [0, 0.05) is 12.1 Å². The summed E-state index contributed by atoms with van der Waals surface area (Å²) >= 11 is 0. The molecule has 1 unspecified atom stereocenters. The van der Waals surface area contributed by atoms with Gasteiger partial charge in [0.25, 0.3) is 6.43 Å². The molecule has 0 saturated heterocycles. The number of halogens is 2. The number of ether oxygens (including phenoxy) is 2. The molecule has 1 N–H and O–H groups in total. The summed E-state index contributed by atoms with van der Waals surface area (Å²) < 4.78 is 35.1. The number of nitrogens with one attached hydrogen (secondary N) is 1. The first-order chi connectivity index (χ1) is 9.31. The number of methoxy groups -OCH3 is 1. The van der Waals surface area contributed by atoms with Crippen molar-refractivity contribution in [2.24, 2.45) is 0 Å². The fraction of sp³-hybridized carbons (Fsp3) is 0.600. The van der Waals surface area contributed by atoms with Gasteiger partial charge < -0.3 is 14.8 Å². The molecule has 5 heteroatoms. The molecule has 0 aliphatic heterocycles. The van der Waals surface area contributed by atoms with Crippen molar-refractivity contribution < 1.29 is 18.3 Å². The van der Waals surface area contributed by atoms with Gasteiger partial charge >= 0.3 is 0 Å². The lowest BCUT2D eigenvalue weighted by Crippen LogP contribution is -2.39. The summed E-state index contributed by atoms with van der Waals surface area (Å²) in [6.45, 7) is 5.96. The standard InChI is InChI=1S/C15H23F2NO2/c1-15(2,3)18-9-13(20-10-14(16)17)11-5-7-12(19-4)8-6-11/h5-8,13-14,18H,9-10H2,1-4H3. The molecular weight excluding hydrogens is 264 g/mol. The zero-order valence-corrected chi connectivity index (χ0v) is 12.5. The summed E-state index contributed by atoms with van der Waals surface area (Å²) in [5.41, 5.74) is 0.752. The molecule has 0 aliphatic rings. The lowest BCUT2D eigenvalue weighted by molar-refractivity contribution is -0.0263. The normalized spacial score (nSPS) is 13.6. The first kappa shape index (κ1) is 16.9. The molecule has 114 valence electrons. The van der Waals surface area contributed by atoms with Gasteiger partial charge in [-0.25, -0.2) is 8.78 Å². The van der Waals surface area contributed by atoms with Crippen LogP contribution in [0.25, 0.3) is 0 Å². The Kier molecular flexibility index (Phi) is 6.36. The number of alkyl halides is 2. The number of hydrogen-bond donors (Lipinski definition) is 1. The Hall–Kier alpha value is -1.20. The predicted octanol–water partition coefficient (Wildman–Crippen LogP) is 3.41. The lowest BCUT2D eigenvalue weighted by Gasteiger charge is -2.26. The molecule has 1 atom stereocenters. The lowest BCUT2D eigenvalue weighted by atomic mass is 10.1. The second-order valence-corrected chi connectivity index (χ2v) is 5.62. The van der Waals surface area contributed by atoms with E-state index in [2.05, 4.69) is 5.32 Å². The molecule has 0 amide bonds. The van der Waals surface area contributed by atoms with E-state index < -0.39 is 19.1 Å². The highest BCUT2D eigenvalue weighted by Gasteiger charge is 2.18. The van der Waals surface area contributed by atoms with Gasteiger partial charge in [-0.1, -0.05) is 12.1 Å². The fourth-order valence-corrected chi connectivity index (χ4v) is 1.68. The van der Waals surface area contributed by atoms with Crippen LogP contribution in [0, 0.1) is 0 Å². The van der Waals surface area contributed by atoms with Gasteiger partial charge in [0.15, 0.2) is 0 Å². The van der Waals surface area contributed by atoms with Gasteiger partial charge in [-0.3, -0.25) is 0 Å². The zero-order chi connectivity index (χ0) is 15.2. The van der Waals surface area contributed by atoms with E-state index in [0.717, 1.165) is 11.3 Å². The summed E-state index contributed by atoms with van der Waals surface area (Å²) in [5, 5.41) is 3.27. The second-order valence-electron chi connectivity index (χ2n) is 5.62. The zero-order valence-electron chi connectivity index (χ0n) is 12.5. The molecule has 0 spiro atoms. The summed E-state index contributed by atoms with van der Waals surface area (Å²) in [6, 6.07) is 7.26. The van der Waals surface area contributed by atoms with Crippen molar-refractivity contribution in [3.63, 3.8) is 0 Å². The van der Waals surface area contributed by atoms with Crippen molar-refractivity contribution in [2.45, 2.75) is 38.8 Å². The van der Waals surface area contributed by atoms with E-state index in [1.807, 2.05) is 32.9 Å². The molecule has 0 aliphatic carbocycles. The molecule has 0 heterocycles. The molecule has 20 heavy (non-hydrogen) atoms. The number of hydrogen-bond acceptors (Lipinski definition) is 3. The first-order valence-electron chi connectivity index (χ1n) is 6.60. The maximum atomic E-state index is 12.3. The van der Waals surface area contributed by atoms with E-state index in [0.29, 0.717) is 6.54 Å². The predicted molar refractivity (Wildman–Crippen MR) is 75.4 cm³/mol. The summed E-state index contributed by atoms with van der Waals surface area (Å²) in [5.74, 6) is 0.727. The number of rotatable bonds is 7. The molecule has 0 bridgehead atoms. The van der Waals surface area contributed by atoms with Gasteiger partial charge in [0.05, 0.1) is 13.2 Å². The molecule has 0 radical (unpaired) electrons. The van der Waals surface area contributed by atoms with Crippen LogP contribution in [-0.4, -0.2) is 32.2 Å². The van der Waals surface area contributed by atoms with Crippen LogP contribution in [-0.2, 0) is 4.74 Å². The fourth-order valence-electron chi connectivity index (χ4n) is 1.68. The van der Waals surface area contributed by atoms with Gasteiger partial charge in [0.2, 0.25) is 0 Å². The van der Waals surface area contributed by atoms with Crippen molar-refractivity contribution in [3.8, 4) is 5.75 Å². The minimum absolute atomic E-state index is 0.0983. The molecular formula is C15H23F2NO2. The summed E-state index contributed by atoms with van der Waals surface area (Å²) in [7, 11) is 1.58. The Labute approximate surface area is 119 Å². The molecule has 1 aromatic carbocycles. The van der Waals surface area contributed by atoms with Gasteiger partial charge in [-0.2, -0.15) is 0 Å². The smallest absolute Gasteiger partial charge is 0.261 e. The summed E-state index contributed by atoms with van der Waals surface area (Å²) in [6.07, 6.45) is -2.88. The van der Waals surface area contributed by atoms with Crippen LogP contribution in [0.1, 0.15) is 32.4 Å². The topological polar surface area (TPSA) is 30.5 Å². The maximum Gasteiger partial charge on any atom is 0.261 e. The molecule has 3 nitrogen and oxygen atoms in total. The SMILES string of the molecule is COc1ccc(C(CNC(C)(C)C)OCC(F)F)cc1. The van der Waals surface area contributed by atoms with E-state index in [9.17, 15) is 8.78 Å². The van der Waals surface area contributed by atoms with E-state index in [-0.39, 0.29) is 5.54 Å².